The summed E-state index contributed by atoms with van der Waals surface area (Å²) >= 11 is 11.7. The van der Waals surface area contributed by atoms with Crippen molar-refractivity contribution in [1.82, 2.24) is 5.32 Å². The lowest BCUT2D eigenvalue weighted by Gasteiger charge is -2.18. The monoisotopic (exact) mass is 341 g/mol. The van der Waals surface area contributed by atoms with Crippen molar-refractivity contribution in [1.29, 1.82) is 5.26 Å². The van der Waals surface area contributed by atoms with Gasteiger partial charge in [0.15, 0.2) is 0 Å². The molecule has 2 aliphatic rings. The number of nitriles is 1. The van der Waals surface area contributed by atoms with Gasteiger partial charge in [-0.15, -0.1) is 0 Å². The van der Waals surface area contributed by atoms with Gasteiger partial charge in [-0.25, -0.2) is 4.79 Å². The van der Waals surface area contributed by atoms with Gasteiger partial charge in [0.2, 0.25) is 0 Å². The van der Waals surface area contributed by atoms with Gasteiger partial charge in [-0.1, -0.05) is 23.2 Å². The average Bonchev–Trinajstić information content (AvgIpc) is 3.06. The van der Waals surface area contributed by atoms with Crippen LogP contribution in [0.25, 0.3) is 0 Å². The molecule has 2 saturated heterocycles. The molecule has 22 heavy (non-hydrogen) atoms. The van der Waals surface area contributed by atoms with Crippen molar-refractivity contribution in [3.63, 3.8) is 0 Å². The van der Waals surface area contributed by atoms with Gasteiger partial charge in [-0.05, 0) is 18.2 Å². The number of rotatable bonds is 2. The van der Waals surface area contributed by atoms with Gasteiger partial charge in [-0.2, -0.15) is 5.26 Å². The molecule has 2 fully saturated rings. The van der Waals surface area contributed by atoms with Crippen LogP contribution < -0.4 is 10.6 Å². The number of halogens is 2. The largest absolute Gasteiger partial charge is 0.372 e. The lowest BCUT2D eigenvalue weighted by Crippen LogP contribution is -2.45. The zero-order valence-corrected chi connectivity index (χ0v) is 12.9. The Kier molecular flexibility index (Phi) is 4.41. The van der Waals surface area contributed by atoms with E-state index in [0.29, 0.717) is 28.9 Å². The maximum Gasteiger partial charge on any atom is 0.319 e. The molecular weight excluding hydrogens is 329 g/mol. The number of hydrogen-bond acceptors (Lipinski definition) is 4. The van der Waals surface area contributed by atoms with Gasteiger partial charge in [-0.3, -0.25) is 0 Å². The van der Waals surface area contributed by atoms with Crippen LogP contribution in [0.4, 0.5) is 10.5 Å². The summed E-state index contributed by atoms with van der Waals surface area (Å²) in [5, 5.41) is 15.2. The summed E-state index contributed by atoms with van der Waals surface area (Å²) in [6, 6.07) is 6.30. The Bertz CT molecular complexity index is 634. The SMILES string of the molecule is N#C[C@H]1CO[C@@H]2[C@@H]1OC[C@H]2NC(=O)Nc1ccc(Cl)c(Cl)c1. The molecule has 0 bridgehead atoms. The highest BCUT2D eigenvalue weighted by atomic mass is 35.5. The topological polar surface area (TPSA) is 83.4 Å². The summed E-state index contributed by atoms with van der Waals surface area (Å²) < 4.78 is 11.1. The van der Waals surface area contributed by atoms with Crippen LogP contribution in [0.15, 0.2) is 18.2 Å². The number of carbonyl (C=O) groups excluding carboxylic acids is 1. The fraction of sp³-hybridized carbons (Fsp3) is 0.429. The summed E-state index contributed by atoms with van der Waals surface area (Å²) in [5.74, 6) is -0.282. The molecule has 0 radical (unpaired) electrons. The predicted molar refractivity (Wildman–Crippen MR) is 81.0 cm³/mol. The normalized spacial score (nSPS) is 29.7. The van der Waals surface area contributed by atoms with E-state index in [4.69, 9.17) is 37.9 Å². The number of fused-ring (bicyclic) bond motifs is 1. The molecule has 0 unspecified atom stereocenters. The number of hydrogen-bond donors (Lipinski definition) is 2. The molecule has 0 spiro atoms. The van der Waals surface area contributed by atoms with E-state index in [-0.39, 0.29) is 24.2 Å². The van der Waals surface area contributed by atoms with E-state index in [1.807, 2.05) is 0 Å². The first kappa shape index (κ1) is 15.4. The number of nitrogens with one attached hydrogen (secondary N) is 2. The van der Waals surface area contributed by atoms with Crippen molar-refractivity contribution in [2.24, 2.45) is 5.92 Å². The zero-order chi connectivity index (χ0) is 15.7. The first-order valence-electron chi connectivity index (χ1n) is 6.74. The molecule has 0 saturated carbocycles. The van der Waals surface area contributed by atoms with E-state index < -0.39 is 6.03 Å². The Labute approximate surface area is 137 Å². The van der Waals surface area contributed by atoms with Crippen LogP contribution in [0.3, 0.4) is 0 Å². The number of anilines is 1. The van der Waals surface area contributed by atoms with Gasteiger partial charge >= 0.3 is 6.03 Å². The highest BCUT2D eigenvalue weighted by molar-refractivity contribution is 6.42. The molecular formula is C14H13Cl2N3O3. The number of urea groups is 1. The molecule has 8 heteroatoms. The van der Waals surface area contributed by atoms with Crippen molar-refractivity contribution in [3.8, 4) is 6.07 Å². The fourth-order valence-corrected chi connectivity index (χ4v) is 2.94. The van der Waals surface area contributed by atoms with Gasteiger partial charge in [0, 0.05) is 5.69 Å². The molecule has 4 atom stereocenters. The van der Waals surface area contributed by atoms with Crippen molar-refractivity contribution in [3.05, 3.63) is 28.2 Å². The summed E-state index contributed by atoms with van der Waals surface area (Å²) in [5.41, 5.74) is 0.532. The number of amides is 2. The second-order valence-electron chi connectivity index (χ2n) is 5.17. The zero-order valence-electron chi connectivity index (χ0n) is 11.4. The maximum absolute atomic E-state index is 12.0. The molecule has 2 aliphatic heterocycles. The first-order chi connectivity index (χ1) is 10.6. The van der Waals surface area contributed by atoms with Crippen molar-refractivity contribution >= 4 is 34.9 Å². The maximum atomic E-state index is 12.0. The molecule has 3 rings (SSSR count). The van der Waals surface area contributed by atoms with Crippen LogP contribution in [0.5, 0.6) is 0 Å². The van der Waals surface area contributed by atoms with Crippen LogP contribution in [0.2, 0.25) is 10.0 Å². The first-order valence-corrected chi connectivity index (χ1v) is 7.49. The molecule has 116 valence electrons. The standard InChI is InChI=1S/C14H13Cl2N3O3/c15-9-2-1-8(3-10(9)16)18-14(20)19-11-6-22-12-7(4-17)5-21-13(11)12/h1-3,7,11-13H,5-6H2,(H2,18,19,20)/t7-,11+,12+,13-/m0/s1. The molecule has 2 amide bonds. The van der Waals surface area contributed by atoms with Gasteiger partial charge in [0.25, 0.3) is 0 Å². The van der Waals surface area contributed by atoms with Crippen LogP contribution in [0, 0.1) is 17.2 Å². The van der Waals surface area contributed by atoms with Gasteiger partial charge < -0.3 is 20.1 Å². The second-order valence-corrected chi connectivity index (χ2v) is 5.98. The minimum Gasteiger partial charge on any atom is -0.372 e. The Balaban J connectivity index is 1.59. The lowest BCUT2D eigenvalue weighted by molar-refractivity contribution is 0.0665. The van der Waals surface area contributed by atoms with E-state index in [0.717, 1.165) is 0 Å². The van der Waals surface area contributed by atoms with Crippen molar-refractivity contribution < 1.29 is 14.3 Å². The molecule has 1 aromatic rings. The number of benzene rings is 1. The summed E-state index contributed by atoms with van der Waals surface area (Å²) in [6.07, 6.45) is -0.565. The molecule has 0 aromatic heterocycles. The smallest absolute Gasteiger partial charge is 0.319 e. The predicted octanol–water partition coefficient (Wildman–Crippen LogP) is 2.42. The lowest BCUT2D eigenvalue weighted by atomic mass is 10.0. The molecule has 2 heterocycles. The summed E-state index contributed by atoms with van der Waals surface area (Å²) in [7, 11) is 0. The third-order valence-electron chi connectivity index (χ3n) is 3.71. The molecule has 2 N–H and O–H groups in total. The van der Waals surface area contributed by atoms with E-state index in [1.54, 1.807) is 18.2 Å². The van der Waals surface area contributed by atoms with Gasteiger partial charge in [0.1, 0.15) is 12.2 Å². The molecule has 6 nitrogen and oxygen atoms in total. The minimum atomic E-state index is -0.392. The van der Waals surface area contributed by atoms with Crippen molar-refractivity contribution in [2.75, 3.05) is 18.5 Å². The van der Waals surface area contributed by atoms with E-state index in [9.17, 15) is 4.79 Å². The average molecular weight is 342 g/mol. The Morgan fingerprint density at radius 2 is 2.00 bits per heavy atom. The number of carbonyl (C=O) groups is 1. The van der Waals surface area contributed by atoms with E-state index >= 15 is 0 Å². The van der Waals surface area contributed by atoms with Crippen LogP contribution in [-0.4, -0.2) is 37.5 Å². The number of ether oxygens (including phenoxy) is 2. The summed E-state index contributed by atoms with van der Waals surface area (Å²) in [6.45, 7) is 0.654. The molecule has 1 aromatic carbocycles. The fourth-order valence-electron chi connectivity index (χ4n) is 2.64. The minimum absolute atomic E-state index is 0.278. The van der Waals surface area contributed by atoms with Gasteiger partial charge in [0.05, 0.1) is 41.3 Å². The Morgan fingerprint density at radius 3 is 2.73 bits per heavy atom. The van der Waals surface area contributed by atoms with E-state index in [1.165, 1.54) is 0 Å². The Morgan fingerprint density at radius 1 is 1.23 bits per heavy atom. The number of nitrogens with zero attached hydrogens (tertiary/aromatic N) is 1. The quantitative estimate of drug-likeness (QED) is 0.865. The highest BCUT2D eigenvalue weighted by Crippen LogP contribution is 2.31. The highest BCUT2D eigenvalue weighted by Gasteiger charge is 2.48. The van der Waals surface area contributed by atoms with Crippen molar-refractivity contribution in [2.45, 2.75) is 18.2 Å². The Hall–Kier alpha value is -1.52. The van der Waals surface area contributed by atoms with Crippen LogP contribution in [-0.2, 0) is 9.47 Å². The van der Waals surface area contributed by atoms with E-state index in [2.05, 4.69) is 16.7 Å². The van der Waals surface area contributed by atoms with Crippen LogP contribution in [0.1, 0.15) is 0 Å². The van der Waals surface area contributed by atoms with Crippen LogP contribution >= 0.6 is 23.2 Å². The third kappa shape index (κ3) is 2.99. The second kappa shape index (κ2) is 6.31. The summed E-state index contributed by atoms with van der Waals surface area (Å²) in [4.78, 5) is 12.0. The molecule has 0 aliphatic carbocycles. The third-order valence-corrected chi connectivity index (χ3v) is 4.45.